The van der Waals surface area contributed by atoms with Gasteiger partial charge in [-0.2, -0.15) is 13.2 Å². The average Bonchev–Trinajstić information content (AvgIpc) is 2.72. The molecule has 7 nitrogen and oxygen atoms in total. The van der Waals surface area contributed by atoms with Gasteiger partial charge in [0.2, 0.25) is 5.72 Å². The number of halogens is 3. The van der Waals surface area contributed by atoms with Crippen molar-refractivity contribution in [2.24, 2.45) is 5.92 Å². The molecule has 3 atom stereocenters. The van der Waals surface area contributed by atoms with Crippen molar-refractivity contribution in [2.75, 3.05) is 14.2 Å². The Hall–Kier alpha value is -3.27. The van der Waals surface area contributed by atoms with Gasteiger partial charge in [-0.15, -0.1) is 0 Å². The number of carbonyl (C=O) groups excluding carboxylic acids is 2. The molecule has 2 amide bonds. The molecule has 1 fully saturated rings. The molecule has 0 aliphatic carbocycles. The van der Waals surface area contributed by atoms with Gasteiger partial charge in [0.15, 0.2) is 5.78 Å². The zero-order valence-electron chi connectivity index (χ0n) is 16.0. The molecule has 0 unspecified atom stereocenters. The zero-order valence-corrected chi connectivity index (χ0v) is 16.0. The van der Waals surface area contributed by atoms with Gasteiger partial charge in [-0.05, 0) is 30.3 Å². The summed E-state index contributed by atoms with van der Waals surface area (Å²) in [4.78, 5) is 25.3. The van der Waals surface area contributed by atoms with Crippen LogP contribution in [-0.4, -0.2) is 43.0 Å². The Balaban J connectivity index is 2.17. The average molecular weight is 424 g/mol. The van der Waals surface area contributed by atoms with Crippen molar-refractivity contribution >= 4 is 11.8 Å². The van der Waals surface area contributed by atoms with E-state index in [4.69, 9.17) is 9.47 Å². The van der Waals surface area contributed by atoms with Crippen molar-refractivity contribution in [2.45, 2.75) is 17.9 Å². The van der Waals surface area contributed by atoms with E-state index in [1.807, 2.05) is 0 Å². The molecule has 0 spiro atoms. The number of benzene rings is 2. The first-order valence-electron chi connectivity index (χ1n) is 8.81. The van der Waals surface area contributed by atoms with Crippen LogP contribution >= 0.6 is 0 Å². The topological polar surface area (TPSA) is 96.9 Å². The van der Waals surface area contributed by atoms with Crippen LogP contribution in [0.3, 0.4) is 0 Å². The second kappa shape index (κ2) is 7.86. The largest absolute Gasteiger partial charge is 0.497 e. The molecule has 2 aromatic rings. The van der Waals surface area contributed by atoms with Gasteiger partial charge in [-0.3, -0.25) is 4.79 Å². The minimum absolute atomic E-state index is 0.0960. The van der Waals surface area contributed by atoms with Gasteiger partial charge in [0, 0.05) is 11.1 Å². The number of para-hydroxylation sites is 1. The first kappa shape index (κ1) is 21.4. The van der Waals surface area contributed by atoms with Gasteiger partial charge < -0.3 is 25.2 Å². The number of amides is 2. The third-order valence-electron chi connectivity index (χ3n) is 4.94. The van der Waals surface area contributed by atoms with Crippen LogP contribution in [0.5, 0.6) is 11.5 Å². The number of ether oxygens (including phenoxy) is 2. The number of urea groups is 1. The molecule has 3 rings (SSSR count). The van der Waals surface area contributed by atoms with E-state index < -0.39 is 35.7 Å². The van der Waals surface area contributed by atoms with Crippen LogP contribution in [0, 0.1) is 5.92 Å². The minimum atomic E-state index is -5.34. The standard InChI is InChI=1S/C20H19F3N2O5/c1-29-12-9-7-11(8-10-12)17(26)15-16(13-5-3-4-6-14(13)30-2)24-18(27)25-19(15,28)20(21,22)23/h3-10,15-16,28H,1-2H3,(H2,24,25,27)/t15-,16+,19-/m0/s1. The Kier molecular flexibility index (Phi) is 5.62. The summed E-state index contributed by atoms with van der Waals surface area (Å²) in [5, 5.41) is 14.4. The SMILES string of the molecule is COc1ccc(C(=O)[C@@H]2[C@@H](c3ccccc3OC)NC(=O)N[C@@]2(O)C(F)(F)F)cc1. The molecular weight excluding hydrogens is 405 g/mol. The van der Waals surface area contributed by atoms with E-state index in [1.54, 1.807) is 6.07 Å². The van der Waals surface area contributed by atoms with Crippen LogP contribution < -0.4 is 20.1 Å². The first-order chi connectivity index (χ1) is 14.1. The molecule has 1 aliphatic rings. The number of nitrogens with one attached hydrogen (secondary N) is 2. The third kappa shape index (κ3) is 3.65. The van der Waals surface area contributed by atoms with Crippen molar-refractivity contribution in [3.63, 3.8) is 0 Å². The molecular formula is C20H19F3N2O5. The van der Waals surface area contributed by atoms with Crippen molar-refractivity contribution in [1.29, 1.82) is 0 Å². The lowest BCUT2D eigenvalue weighted by Crippen LogP contribution is -2.72. The number of rotatable bonds is 5. The maximum atomic E-state index is 13.9. The molecule has 1 heterocycles. The molecule has 10 heteroatoms. The molecule has 2 aromatic carbocycles. The number of Topliss-reactive ketones (excluding diaryl/α,β-unsaturated/α-hetero) is 1. The van der Waals surface area contributed by atoms with E-state index in [0.717, 1.165) is 0 Å². The fourth-order valence-corrected chi connectivity index (χ4v) is 3.46. The Morgan fingerprint density at radius 3 is 2.27 bits per heavy atom. The summed E-state index contributed by atoms with van der Waals surface area (Å²) in [7, 11) is 2.70. The fourth-order valence-electron chi connectivity index (χ4n) is 3.46. The molecule has 0 saturated carbocycles. The quantitative estimate of drug-likeness (QED) is 0.642. The van der Waals surface area contributed by atoms with Crippen LogP contribution in [0.25, 0.3) is 0 Å². The maximum absolute atomic E-state index is 13.9. The van der Waals surface area contributed by atoms with E-state index in [-0.39, 0.29) is 16.9 Å². The molecule has 3 N–H and O–H groups in total. The second-order valence-electron chi connectivity index (χ2n) is 6.65. The first-order valence-corrected chi connectivity index (χ1v) is 8.81. The van der Waals surface area contributed by atoms with Crippen molar-refractivity contribution < 1.29 is 37.3 Å². The summed E-state index contributed by atoms with van der Waals surface area (Å²) in [5.41, 5.74) is -3.79. The van der Waals surface area contributed by atoms with E-state index in [1.165, 1.54) is 62.0 Å². The van der Waals surface area contributed by atoms with Crippen molar-refractivity contribution in [3.8, 4) is 11.5 Å². The lowest BCUT2D eigenvalue weighted by Gasteiger charge is -2.45. The summed E-state index contributed by atoms with van der Waals surface area (Å²) in [6.45, 7) is 0. The Labute approximate surface area is 169 Å². The second-order valence-corrected chi connectivity index (χ2v) is 6.65. The van der Waals surface area contributed by atoms with Crippen LogP contribution in [0.1, 0.15) is 22.0 Å². The summed E-state index contributed by atoms with van der Waals surface area (Å²) in [5.74, 6) is -2.61. The minimum Gasteiger partial charge on any atom is -0.497 e. The van der Waals surface area contributed by atoms with Gasteiger partial charge in [-0.1, -0.05) is 18.2 Å². The smallest absolute Gasteiger partial charge is 0.437 e. The Morgan fingerprint density at radius 2 is 1.70 bits per heavy atom. The predicted molar refractivity (Wildman–Crippen MR) is 99.2 cm³/mol. The maximum Gasteiger partial charge on any atom is 0.437 e. The number of hydrogen-bond donors (Lipinski definition) is 3. The molecule has 1 aliphatic heterocycles. The van der Waals surface area contributed by atoms with Crippen LogP contribution in [0.15, 0.2) is 48.5 Å². The number of hydrogen-bond acceptors (Lipinski definition) is 5. The number of carbonyl (C=O) groups is 2. The molecule has 0 aromatic heterocycles. The fraction of sp³-hybridized carbons (Fsp3) is 0.300. The third-order valence-corrected chi connectivity index (χ3v) is 4.94. The highest BCUT2D eigenvalue weighted by Gasteiger charge is 2.66. The summed E-state index contributed by atoms with van der Waals surface area (Å²) < 4.78 is 51.9. The van der Waals surface area contributed by atoms with Crippen LogP contribution in [-0.2, 0) is 0 Å². The molecule has 160 valence electrons. The number of ketones is 1. The van der Waals surface area contributed by atoms with Crippen molar-refractivity contribution in [3.05, 3.63) is 59.7 Å². The summed E-state index contributed by atoms with van der Waals surface area (Å²) in [6, 6.07) is 8.60. The molecule has 0 bridgehead atoms. The van der Waals surface area contributed by atoms with E-state index in [0.29, 0.717) is 5.75 Å². The van der Waals surface area contributed by atoms with Gasteiger partial charge in [0.05, 0.1) is 20.3 Å². The zero-order chi connectivity index (χ0) is 22.1. The van der Waals surface area contributed by atoms with E-state index >= 15 is 0 Å². The van der Waals surface area contributed by atoms with Crippen LogP contribution in [0.2, 0.25) is 0 Å². The number of methoxy groups -OCH3 is 2. The highest BCUT2D eigenvalue weighted by atomic mass is 19.4. The Bertz CT molecular complexity index is 948. The van der Waals surface area contributed by atoms with E-state index in [2.05, 4.69) is 5.32 Å². The normalized spacial score (nSPS) is 23.9. The van der Waals surface area contributed by atoms with Gasteiger partial charge in [0.1, 0.15) is 17.4 Å². The summed E-state index contributed by atoms with van der Waals surface area (Å²) >= 11 is 0. The summed E-state index contributed by atoms with van der Waals surface area (Å²) in [6.07, 6.45) is -5.34. The molecule has 30 heavy (non-hydrogen) atoms. The lowest BCUT2D eigenvalue weighted by molar-refractivity contribution is -0.287. The number of alkyl halides is 3. The van der Waals surface area contributed by atoms with Crippen molar-refractivity contribution in [1.82, 2.24) is 10.6 Å². The van der Waals surface area contributed by atoms with Gasteiger partial charge in [-0.25, -0.2) is 4.79 Å². The van der Waals surface area contributed by atoms with E-state index in [9.17, 15) is 27.9 Å². The van der Waals surface area contributed by atoms with Crippen LogP contribution in [0.4, 0.5) is 18.0 Å². The lowest BCUT2D eigenvalue weighted by atomic mass is 9.77. The number of aliphatic hydroxyl groups is 1. The molecule has 0 radical (unpaired) electrons. The highest BCUT2D eigenvalue weighted by molar-refractivity contribution is 6.00. The molecule has 1 saturated heterocycles. The monoisotopic (exact) mass is 424 g/mol. The van der Waals surface area contributed by atoms with Gasteiger partial charge in [0.25, 0.3) is 0 Å². The Morgan fingerprint density at radius 1 is 1.07 bits per heavy atom. The van der Waals surface area contributed by atoms with Gasteiger partial charge >= 0.3 is 12.2 Å². The highest BCUT2D eigenvalue weighted by Crippen LogP contribution is 2.45. The predicted octanol–water partition coefficient (Wildman–Crippen LogP) is 2.81.